The van der Waals surface area contributed by atoms with Gasteiger partial charge in [0.25, 0.3) is 0 Å². The van der Waals surface area contributed by atoms with Crippen LogP contribution in [0.2, 0.25) is 0 Å². The highest BCUT2D eigenvalue weighted by atomic mass is 16.2. The fourth-order valence-corrected chi connectivity index (χ4v) is 2.19. The van der Waals surface area contributed by atoms with E-state index >= 15 is 0 Å². The first-order chi connectivity index (χ1) is 8.68. The first kappa shape index (κ1) is 12.8. The van der Waals surface area contributed by atoms with Gasteiger partial charge in [-0.05, 0) is 24.9 Å². The number of hydrogen-bond acceptors (Lipinski definition) is 3. The van der Waals surface area contributed by atoms with Gasteiger partial charge in [-0.15, -0.1) is 0 Å². The van der Waals surface area contributed by atoms with Crippen LogP contribution in [0.25, 0.3) is 0 Å². The highest BCUT2D eigenvalue weighted by molar-refractivity contribution is 5.96. The van der Waals surface area contributed by atoms with Crippen molar-refractivity contribution in [3.63, 3.8) is 0 Å². The summed E-state index contributed by atoms with van der Waals surface area (Å²) >= 11 is 0. The number of benzene rings is 1. The standard InChI is InChI=1S/C14H18N2O2/c1-11(17)16(10-12-6-3-2-4-7-12)14(18)13-8-5-9-15-13/h2-4,6-7,13,15H,5,8-10H2,1H3. The smallest absolute Gasteiger partial charge is 0.246 e. The summed E-state index contributed by atoms with van der Waals surface area (Å²) in [5, 5.41) is 3.13. The largest absolute Gasteiger partial charge is 0.306 e. The molecule has 1 aromatic carbocycles. The van der Waals surface area contributed by atoms with Crippen molar-refractivity contribution in [1.82, 2.24) is 10.2 Å². The van der Waals surface area contributed by atoms with Crippen molar-refractivity contribution in [2.24, 2.45) is 0 Å². The Morgan fingerprint density at radius 3 is 2.61 bits per heavy atom. The highest BCUT2D eigenvalue weighted by Crippen LogP contribution is 2.12. The van der Waals surface area contributed by atoms with E-state index in [1.54, 1.807) is 0 Å². The summed E-state index contributed by atoms with van der Waals surface area (Å²) in [5.74, 6) is -0.304. The molecule has 1 aromatic rings. The molecule has 0 aromatic heterocycles. The number of nitrogens with zero attached hydrogens (tertiary/aromatic N) is 1. The lowest BCUT2D eigenvalue weighted by molar-refractivity contribution is -0.145. The van der Waals surface area contributed by atoms with Crippen LogP contribution in [0.5, 0.6) is 0 Å². The Kier molecular flexibility index (Phi) is 4.10. The third kappa shape index (κ3) is 2.96. The van der Waals surface area contributed by atoms with Gasteiger partial charge < -0.3 is 5.32 Å². The van der Waals surface area contributed by atoms with Gasteiger partial charge in [0.2, 0.25) is 11.8 Å². The first-order valence-corrected chi connectivity index (χ1v) is 6.28. The topological polar surface area (TPSA) is 49.4 Å². The molecule has 2 rings (SSSR count). The lowest BCUT2D eigenvalue weighted by Gasteiger charge is -2.22. The molecule has 96 valence electrons. The molecular formula is C14H18N2O2. The number of rotatable bonds is 3. The summed E-state index contributed by atoms with van der Waals surface area (Å²) in [6, 6.07) is 9.38. The summed E-state index contributed by atoms with van der Waals surface area (Å²) in [4.78, 5) is 25.2. The van der Waals surface area contributed by atoms with Gasteiger partial charge in [0, 0.05) is 6.92 Å². The van der Waals surface area contributed by atoms with Crippen LogP contribution in [0.3, 0.4) is 0 Å². The molecule has 1 N–H and O–H groups in total. The SMILES string of the molecule is CC(=O)N(Cc1ccccc1)C(=O)C1CCCN1. The van der Waals surface area contributed by atoms with E-state index in [1.807, 2.05) is 30.3 Å². The van der Waals surface area contributed by atoms with Gasteiger partial charge in [-0.1, -0.05) is 30.3 Å². The minimum Gasteiger partial charge on any atom is -0.306 e. The molecule has 1 unspecified atom stereocenters. The Morgan fingerprint density at radius 2 is 2.06 bits per heavy atom. The number of amides is 2. The minimum atomic E-state index is -0.197. The van der Waals surface area contributed by atoms with Gasteiger partial charge in [-0.25, -0.2) is 0 Å². The van der Waals surface area contributed by atoms with Gasteiger partial charge in [0.05, 0.1) is 12.6 Å². The van der Waals surface area contributed by atoms with Crippen LogP contribution in [0.1, 0.15) is 25.3 Å². The first-order valence-electron chi connectivity index (χ1n) is 6.28. The molecule has 4 heteroatoms. The molecule has 2 amide bonds. The van der Waals surface area contributed by atoms with Crippen molar-refractivity contribution in [2.45, 2.75) is 32.4 Å². The van der Waals surface area contributed by atoms with Crippen LogP contribution in [0, 0.1) is 0 Å². The predicted molar refractivity (Wildman–Crippen MR) is 68.7 cm³/mol. The van der Waals surface area contributed by atoms with Crippen LogP contribution in [-0.4, -0.2) is 29.3 Å². The van der Waals surface area contributed by atoms with Crippen molar-refractivity contribution in [3.8, 4) is 0 Å². The molecule has 0 bridgehead atoms. The van der Waals surface area contributed by atoms with Crippen molar-refractivity contribution >= 4 is 11.8 Å². The zero-order chi connectivity index (χ0) is 13.0. The Labute approximate surface area is 107 Å². The molecule has 1 atom stereocenters. The van der Waals surface area contributed by atoms with Crippen molar-refractivity contribution in [2.75, 3.05) is 6.54 Å². The van der Waals surface area contributed by atoms with Crippen molar-refractivity contribution in [1.29, 1.82) is 0 Å². The molecular weight excluding hydrogens is 228 g/mol. The number of imide groups is 1. The fraction of sp³-hybridized carbons (Fsp3) is 0.429. The molecule has 1 aliphatic heterocycles. The summed E-state index contributed by atoms with van der Waals surface area (Å²) in [6.45, 7) is 2.65. The van der Waals surface area contributed by atoms with E-state index in [0.29, 0.717) is 6.54 Å². The second-order valence-electron chi connectivity index (χ2n) is 4.58. The third-order valence-corrected chi connectivity index (χ3v) is 3.19. The van der Waals surface area contributed by atoms with Crippen LogP contribution < -0.4 is 5.32 Å². The van der Waals surface area contributed by atoms with Gasteiger partial charge in [-0.3, -0.25) is 14.5 Å². The third-order valence-electron chi connectivity index (χ3n) is 3.19. The predicted octanol–water partition coefficient (Wildman–Crippen LogP) is 1.31. The Morgan fingerprint density at radius 1 is 1.33 bits per heavy atom. The lowest BCUT2D eigenvalue weighted by atomic mass is 10.1. The quantitative estimate of drug-likeness (QED) is 0.875. The van der Waals surface area contributed by atoms with E-state index in [9.17, 15) is 9.59 Å². The monoisotopic (exact) mass is 246 g/mol. The van der Waals surface area contributed by atoms with E-state index in [2.05, 4.69) is 5.32 Å². The van der Waals surface area contributed by atoms with Crippen molar-refractivity contribution in [3.05, 3.63) is 35.9 Å². The summed E-state index contributed by atoms with van der Waals surface area (Å²) in [7, 11) is 0. The lowest BCUT2D eigenvalue weighted by Crippen LogP contribution is -2.45. The Hall–Kier alpha value is -1.68. The van der Waals surface area contributed by atoms with Gasteiger partial charge in [0.15, 0.2) is 0 Å². The molecule has 1 fully saturated rings. The van der Waals surface area contributed by atoms with Gasteiger partial charge in [0.1, 0.15) is 0 Å². The number of hydrogen-bond donors (Lipinski definition) is 1. The average molecular weight is 246 g/mol. The van der Waals surface area contributed by atoms with Crippen LogP contribution in [-0.2, 0) is 16.1 Å². The Balaban J connectivity index is 2.08. The zero-order valence-corrected chi connectivity index (χ0v) is 10.6. The molecule has 0 radical (unpaired) electrons. The summed E-state index contributed by atoms with van der Waals surface area (Å²) in [6.07, 6.45) is 1.81. The van der Waals surface area contributed by atoms with E-state index in [1.165, 1.54) is 11.8 Å². The van der Waals surface area contributed by atoms with E-state index in [-0.39, 0.29) is 17.9 Å². The second kappa shape index (κ2) is 5.78. The maximum absolute atomic E-state index is 12.2. The molecule has 1 aliphatic rings. The van der Waals surface area contributed by atoms with Crippen molar-refractivity contribution < 1.29 is 9.59 Å². The normalized spacial score (nSPS) is 18.6. The Bertz CT molecular complexity index is 425. The molecule has 4 nitrogen and oxygen atoms in total. The highest BCUT2D eigenvalue weighted by Gasteiger charge is 2.28. The van der Waals surface area contributed by atoms with E-state index in [4.69, 9.17) is 0 Å². The van der Waals surface area contributed by atoms with E-state index < -0.39 is 0 Å². The maximum atomic E-state index is 12.2. The number of carbonyl (C=O) groups is 2. The number of carbonyl (C=O) groups excluding carboxylic acids is 2. The summed E-state index contributed by atoms with van der Waals surface area (Å²) in [5.41, 5.74) is 0.971. The van der Waals surface area contributed by atoms with Crippen LogP contribution in [0.15, 0.2) is 30.3 Å². The van der Waals surface area contributed by atoms with Crippen LogP contribution >= 0.6 is 0 Å². The fourth-order valence-electron chi connectivity index (χ4n) is 2.19. The zero-order valence-electron chi connectivity index (χ0n) is 10.6. The maximum Gasteiger partial charge on any atom is 0.246 e. The second-order valence-corrected chi connectivity index (χ2v) is 4.58. The molecule has 18 heavy (non-hydrogen) atoms. The molecule has 0 saturated carbocycles. The molecule has 1 saturated heterocycles. The van der Waals surface area contributed by atoms with Gasteiger partial charge in [-0.2, -0.15) is 0 Å². The average Bonchev–Trinajstić information content (AvgIpc) is 2.90. The van der Waals surface area contributed by atoms with Gasteiger partial charge >= 0.3 is 0 Å². The summed E-state index contributed by atoms with van der Waals surface area (Å²) < 4.78 is 0. The van der Waals surface area contributed by atoms with Crippen LogP contribution in [0.4, 0.5) is 0 Å². The number of nitrogens with one attached hydrogen (secondary N) is 1. The molecule has 0 aliphatic carbocycles. The molecule has 0 spiro atoms. The van der Waals surface area contributed by atoms with E-state index in [0.717, 1.165) is 24.9 Å². The minimum absolute atomic E-state index is 0.108. The molecule has 1 heterocycles.